The zero-order valence-corrected chi connectivity index (χ0v) is 11.9. The number of hydrogen-bond donors (Lipinski definition) is 2. The molecule has 7 nitrogen and oxygen atoms in total. The molecule has 2 aromatic rings. The molecule has 0 aliphatic rings. The predicted molar refractivity (Wildman–Crippen MR) is 76.5 cm³/mol. The van der Waals surface area contributed by atoms with Crippen LogP contribution in [0.15, 0.2) is 24.3 Å². The van der Waals surface area contributed by atoms with Crippen molar-refractivity contribution in [3.05, 3.63) is 35.7 Å². The molecule has 3 N–H and O–H groups in total. The number of nitrogens with zero attached hydrogens (tertiary/aromatic N) is 4. The van der Waals surface area contributed by atoms with E-state index in [4.69, 9.17) is 10.8 Å². The second-order valence-corrected chi connectivity index (χ2v) is 5.09. The molecule has 1 aromatic carbocycles. The fraction of sp³-hybridized carbons (Fsp3) is 0.357. The molecule has 0 bridgehead atoms. The summed E-state index contributed by atoms with van der Waals surface area (Å²) in [7, 11) is 0. The Morgan fingerprint density at radius 1 is 1.24 bits per heavy atom. The topological polar surface area (TPSA) is 115 Å². The monoisotopic (exact) mass is 287 g/mol. The smallest absolute Gasteiger partial charge is 0.320 e. The second-order valence-electron chi connectivity index (χ2n) is 5.09. The largest absolute Gasteiger partial charge is 0.480 e. The van der Waals surface area contributed by atoms with Crippen molar-refractivity contribution < 1.29 is 9.90 Å². The van der Waals surface area contributed by atoms with Gasteiger partial charge < -0.3 is 10.8 Å². The third kappa shape index (κ3) is 3.79. The van der Waals surface area contributed by atoms with Crippen LogP contribution < -0.4 is 5.73 Å². The fourth-order valence-corrected chi connectivity index (χ4v) is 1.76. The average molecular weight is 287 g/mol. The zero-order valence-electron chi connectivity index (χ0n) is 11.9. The lowest BCUT2D eigenvalue weighted by Gasteiger charge is -2.08. The summed E-state index contributed by atoms with van der Waals surface area (Å²) in [6.45, 7) is 3.93. The van der Waals surface area contributed by atoms with Crippen LogP contribution in [-0.4, -0.2) is 37.5 Å². The molecule has 21 heavy (non-hydrogen) atoms. The van der Waals surface area contributed by atoms with Crippen molar-refractivity contribution in [1.29, 1.82) is 0 Å². The highest BCUT2D eigenvalue weighted by molar-refractivity contribution is 5.73. The van der Waals surface area contributed by atoms with E-state index < -0.39 is 12.0 Å². The van der Waals surface area contributed by atoms with E-state index in [2.05, 4.69) is 20.4 Å². The van der Waals surface area contributed by atoms with Crippen LogP contribution in [-0.2, 0) is 11.2 Å². The van der Waals surface area contributed by atoms with Crippen molar-refractivity contribution in [2.75, 3.05) is 0 Å². The SMILES string of the molecule is CC(C)c1nnc(-c2cccc(C[C@H](N)C(=O)O)c2)nn1. The molecule has 0 radical (unpaired) electrons. The Bertz CT molecular complexity index is 628. The van der Waals surface area contributed by atoms with Gasteiger partial charge in [0, 0.05) is 11.5 Å². The Hall–Kier alpha value is -2.41. The molecular formula is C14H17N5O2. The second kappa shape index (κ2) is 6.36. The first-order valence-corrected chi connectivity index (χ1v) is 6.62. The van der Waals surface area contributed by atoms with Gasteiger partial charge in [-0.1, -0.05) is 32.0 Å². The highest BCUT2D eigenvalue weighted by Crippen LogP contribution is 2.16. The van der Waals surface area contributed by atoms with Crippen LogP contribution >= 0.6 is 0 Å². The summed E-state index contributed by atoms with van der Waals surface area (Å²) in [5.41, 5.74) is 7.08. The molecule has 0 unspecified atom stereocenters. The maximum Gasteiger partial charge on any atom is 0.320 e. The van der Waals surface area contributed by atoms with Crippen LogP contribution in [0.3, 0.4) is 0 Å². The molecule has 110 valence electrons. The van der Waals surface area contributed by atoms with Gasteiger partial charge in [-0.3, -0.25) is 4.79 Å². The highest BCUT2D eigenvalue weighted by atomic mass is 16.4. The van der Waals surface area contributed by atoms with E-state index in [1.54, 1.807) is 12.1 Å². The van der Waals surface area contributed by atoms with Gasteiger partial charge in [-0.15, -0.1) is 20.4 Å². The van der Waals surface area contributed by atoms with E-state index in [0.717, 1.165) is 11.1 Å². The molecule has 1 atom stereocenters. The fourth-order valence-electron chi connectivity index (χ4n) is 1.76. The number of hydrogen-bond acceptors (Lipinski definition) is 6. The summed E-state index contributed by atoms with van der Waals surface area (Å²) in [5, 5.41) is 25.0. The maximum atomic E-state index is 10.8. The summed E-state index contributed by atoms with van der Waals surface area (Å²) >= 11 is 0. The van der Waals surface area contributed by atoms with Crippen LogP contribution in [0.25, 0.3) is 11.4 Å². The van der Waals surface area contributed by atoms with Crippen LogP contribution in [0.1, 0.15) is 31.2 Å². The molecule has 0 aliphatic heterocycles. The van der Waals surface area contributed by atoms with Gasteiger partial charge in [0.2, 0.25) is 5.82 Å². The van der Waals surface area contributed by atoms with Gasteiger partial charge in [0.25, 0.3) is 0 Å². The minimum absolute atomic E-state index is 0.166. The lowest BCUT2D eigenvalue weighted by atomic mass is 10.0. The first-order valence-electron chi connectivity index (χ1n) is 6.62. The van der Waals surface area contributed by atoms with Gasteiger partial charge in [-0.25, -0.2) is 0 Å². The van der Waals surface area contributed by atoms with E-state index in [0.29, 0.717) is 11.6 Å². The van der Waals surface area contributed by atoms with E-state index in [-0.39, 0.29) is 12.3 Å². The van der Waals surface area contributed by atoms with Gasteiger partial charge in [-0.05, 0) is 18.1 Å². The minimum Gasteiger partial charge on any atom is -0.480 e. The lowest BCUT2D eigenvalue weighted by Crippen LogP contribution is -2.32. The van der Waals surface area contributed by atoms with Gasteiger partial charge in [0.15, 0.2) is 5.82 Å². The molecule has 1 heterocycles. The number of carboxylic acids is 1. The minimum atomic E-state index is -1.03. The van der Waals surface area contributed by atoms with Gasteiger partial charge in [0.1, 0.15) is 6.04 Å². The summed E-state index contributed by atoms with van der Waals surface area (Å²) < 4.78 is 0. The first kappa shape index (κ1) is 15.0. The molecular weight excluding hydrogens is 270 g/mol. The van der Waals surface area contributed by atoms with Crippen LogP contribution in [0, 0.1) is 0 Å². The number of nitrogens with two attached hydrogens (primary N) is 1. The summed E-state index contributed by atoms with van der Waals surface area (Å²) in [4.78, 5) is 10.8. The Balaban J connectivity index is 2.22. The molecule has 0 spiro atoms. The summed E-state index contributed by atoms with van der Waals surface area (Å²) in [6.07, 6.45) is 0.244. The van der Waals surface area contributed by atoms with E-state index >= 15 is 0 Å². The van der Waals surface area contributed by atoms with Crippen LogP contribution in [0.2, 0.25) is 0 Å². The number of carboxylic acid groups (broad SMARTS) is 1. The average Bonchev–Trinajstić information content (AvgIpc) is 2.47. The Morgan fingerprint density at radius 3 is 2.48 bits per heavy atom. The van der Waals surface area contributed by atoms with Crippen molar-refractivity contribution in [2.45, 2.75) is 32.2 Å². The van der Waals surface area contributed by atoms with Crippen molar-refractivity contribution in [3.63, 3.8) is 0 Å². The summed E-state index contributed by atoms with van der Waals surface area (Å²) in [5.74, 6) is 0.133. The number of rotatable bonds is 5. The first-order chi connectivity index (χ1) is 9.97. The van der Waals surface area contributed by atoms with E-state index in [1.807, 2.05) is 26.0 Å². The number of aromatic nitrogens is 4. The van der Waals surface area contributed by atoms with Crippen LogP contribution in [0.4, 0.5) is 0 Å². The quantitative estimate of drug-likeness (QED) is 0.843. The number of aliphatic carboxylic acids is 1. The van der Waals surface area contributed by atoms with Crippen LogP contribution in [0.5, 0.6) is 0 Å². The predicted octanol–water partition coefficient (Wildman–Crippen LogP) is 1.01. The van der Waals surface area contributed by atoms with Gasteiger partial charge >= 0.3 is 5.97 Å². The standard InChI is InChI=1S/C14H17N5O2/c1-8(2)12-16-18-13(19-17-12)10-5-3-4-9(6-10)7-11(15)14(20)21/h3-6,8,11H,7,15H2,1-2H3,(H,20,21)/t11-/m0/s1. The summed E-state index contributed by atoms with van der Waals surface area (Å²) in [6, 6.07) is 6.31. The van der Waals surface area contributed by atoms with Gasteiger partial charge in [-0.2, -0.15) is 0 Å². The van der Waals surface area contributed by atoms with Gasteiger partial charge in [0.05, 0.1) is 0 Å². The zero-order chi connectivity index (χ0) is 15.4. The van der Waals surface area contributed by atoms with Crippen molar-refractivity contribution >= 4 is 5.97 Å². The molecule has 7 heteroatoms. The molecule has 0 fully saturated rings. The molecule has 0 saturated heterocycles. The normalized spacial score (nSPS) is 12.4. The number of carbonyl (C=O) groups is 1. The van der Waals surface area contributed by atoms with E-state index in [1.165, 1.54) is 0 Å². The molecule has 0 saturated carbocycles. The Morgan fingerprint density at radius 2 is 1.90 bits per heavy atom. The molecule has 1 aromatic heterocycles. The Kier molecular flexibility index (Phi) is 4.54. The molecule has 2 rings (SSSR count). The third-order valence-electron chi connectivity index (χ3n) is 2.97. The Labute approximate surface area is 122 Å². The highest BCUT2D eigenvalue weighted by Gasteiger charge is 2.13. The maximum absolute atomic E-state index is 10.8. The van der Waals surface area contributed by atoms with Crippen molar-refractivity contribution in [1.82, 2.24) is 20.4 Å². The number of benzene rings is 1. The van der Waals surface area contributed by atoms with E-state index in [9.17, 15) is 4.79 Å². The third-order valence-corrected chi connectivity index (χ3v) is 2.97. The molecule has 0 amide bonds. The molecule has 0 aliphatic carbocycles. The lowest BCUT2D eigenvalue weighted by molar-refractivity contribution is -0.138. The van der Waals surface area contributed by atoms with Crippen molar-refractivity contribution in [3.8, 4) is 11.4 Å². The van der Waals surface area contributed by atoms with Crippen molar-refractivity contribution in [2.24, 2.45) is 5.73 Å².